The van der Waals surface area contributed by atoms with E-state index in [9.17, 15) is 4.79 Å². The van der Waals surface area contributed by atoms with Gasteiger partial charge in [0.15, 0.2) is 0 Å². The molecule has 3 N–H and O–H groups in total. The van der Waals surface area contributed by atoms with Crippen molar-refractivity contribution in [3.05, 3.63) is 29.5 Å². The number of carbonyl (C=O) groups is 1. The lowest BCUT2D eigenvalue weighted by atomic mass is 10.0. The summed E-state index contributed by atoms with van der Waals surface area (Å²) in [4.78, 5) is 12.1. The predicted octanol–water partition coefficient (Wildman–Crippen LogP) is 3.19. The van der Waals surface area contributed by atoms with Crippen LogP contribution >= 0.6 is 11.8 Å². The van der Waals surface area contributed by atoms with Crippen molar-refractivity contribution in [2.75, 3.05) is 6.26 Å². The van der Waals surface area contributed by atoms with Gasteiger partial charge in [0.05, 0.1) is 0 Å². The molecule has 1 aromatic heterocycles. The first kappa shape index (κ1) is 17.6. The second kappa shape index (κ2) is 7.52. The summed E-state index contributed by atoms with van der Waals surface area (Å²) in [6.07, 6.45) is 2.38. The lowest BCUT2D eigenvalue weighted by molar-refractivity contribution is -0.138. The number of aromatic nitrogens is 1. The first-order valence-electron chi connectivity index (χ1n) is 7.06. The number of nitrogens with zero attached hydrogens (tertiary/aromatic N) is 1. The van der Waals surface area contributed by atoms with Gasteiger partial charge in [0.1, 0.15) is 6.04 Å². The largest absolute Gasteiger partial charge is 0.480 e. The van der Waals surface area contributed by atoms with Crippen LogP contribution in [0.15, 0.2) is 23.1 Å². The number of thioether (sulfide) groups is 1. The minimum atomic E-state index is -0.960. The van der Waals surface area contributed by atoms with Crippen LogP contribution in [0.4, 0.5) is 0 Å². The van der Waals surface area contributed by atoms with E-state index < -0.39 is 12.0 Å². The van der Waals surface area contributed by atoms with Crippen LogP contribution < -0.4 is 5.73 Å². The van der Waals surface area contributed by atoms with Gasteiger partial charge in [-0.3, -0.25) is 4.79 Å². The summed E-state index contributed by atoms with van der Waals surface area (Å²) in [5.74, 6) is -0.960. The first-order chi connectivity index (χ1) is 9.97. The molecule has 5 heteroatoms. The zero-order valence-corrected chi connectivity index (χ0v) is 14.1. The molecular weight excluding hydrogens is 284 g/mol. The topological polar surface area (TPSA) is 68.2 Å². The number of carboxylic acids is 1. The Morgan fingerprint density at radius 2 is 2.05 bits per heavy atom. The molecule has 0 amide bonds. The number of nitrogens with two attached hydrogens (primary N) is 1. The quantitative estimate of drug-likeness (QED) is 0.851. The molecule has 4 nitrogen and oxygen atoms in total. The Morgan fingerprint density at radius 3 is 2.57 bits per heavy atom. The highest BCUT2D eigenvalue weighted by molar-refractivity contribution is 7.98. The standard InChI is InChI=1S/C14H18N2O2S.C2H6/c1-8-9(7-10(15)14(17)18)13-11(16(8)2)5-4-6-12(13)19-3;1-2/h4-6,10H,7,15H2,1-3H3,(H,17,18);1-2H3. The van der Waals surface area contributed by atoms with Gasteiger partial charge in [-0.25, -0.2) is 0 Å². The fourth-order valence-corrected chi connectivity index (χ4v) is 3.04. The highest BCUT2D eigenvalue weighted by Crippen LogP contribution is 2.33. The number of carboxylic acid groups (broad SMARTS) is 1. The molecule has 0 aliphatic heterocycles. The van der Waals surface area contributed by atoms with Gasteiger partial charge in [-0.2, -0.15) is 0 Å². The van der Waals surface area contributed by atoms with Crippen LogP contribution in [0.5, 0.6) is 0 Å². The first-order valence-corrected chi connectivity index (χ1v) is 8.29. The van der Waals surface area contributed by atoms with E-state index in [-0.39, 0.29) is 0 Å². The molecule has 0 saturated carbocycles. The summed E-state index contributed by atoms with van der Waals surface area (Å²) in [6, 6.07) is 5.27. The van der Waals surface area contributed by atoms with E-state index >= 15 is 0 Å². The van der Waals surface area contributed by atoms with E-state index in [2.05, 4.69) is 16.7 Å². The maximum Gasteiger partial charge on any atom is 0.320 e. The van der Waals surface area contributed by atoms with Crippen molar-refractivity contribution in [3.63, 3.8) is 0 Å². The van der Waals surface area contributed by atoms with Crippen LogP contribution in [0, 0.1) is 6.92 Å². The fourth-order valence-electron chi connectivity index (χ4n) is 2.39. The van der Waals surface area contributed by atoms with Gasteiger partial charge in [-0.15, -0.1) is 11.8 Å². The molecule has 1 unspecified atom stereocenters. The van der Waals surface area contributed by atoms with E-state index in [1.54, 1.807) is 11.8 Å². The van der Waals surface area contributed by atoms with E-state index in [1.165, 1.54) is 0 Å². The molecule has 0 aliphatic rings. The summed E-state index contributed by atoms with van der Waals surface area (Å²) in [7, 11) is 2.00. The summed E-state index contributed by atoms with van der Waals surface area (Å²) >= 11 is 1.67. The summed E-state index contributed by atoms with van der Waals surface area (Å²) in [5, 5.41) is 10.1. The number of benzene rings is 1. The summed E-state index contributed by atoms with van der Waals surface area (Å²) in [6.45, 7) is 6.01. The zero-order chi connectivity index (χ0) is 16.2. The Hall–Kier alpha value is -1.46. The Balaban J connectivity index is 0.00000106. The number of hydrogen-bond donors (Lipinski definition) is 2. The molecule has 0 aliphatic carbocycles. The molecule has 116 valence electrons. The molecule has 0 spiro atoms. The number of hydrogen-bond acceptors (Lipinski definition) is 3. The van der Waals surface area contributed by atoms with Crippen molar-refractivity contribution in [2.45, 2.75) is 38.1 Å². The van der Waals surface area contributed by atoms with Gasteiger partial charge in [0, 0.05) is 35.0 Å². The minimum Gasteiger partial charge on any atom is -0.480 e. The third kappa shape index (κ3) is 3.41. The molecule has 1 heterocycles. The zero-order valence-electron chi connectivity index (χ0n) is 13.3. The van der Waals surface area contributed by atoms with Crippen molar-refractivity contribution in [1.29, 1.82) is 0 Å². The van der Waals surface area contributed by atoms with Gasteiger partial charge >= 0.3 is 5.97 Å². The van der Waals surface area contributed by atoms with Crippen LogP contribution in [0.3, 0.4) is 0 Å². The lowest BCUT2D eigenvalue weighted by Crippen LogP contribution is -2.32. The van der Waals surface area contributed by atoms with Gasteiger partial charge < -0.3 is 15.4 Å². The van der Waals surface area contributed by atoms with Gasteiger partial charge in [-0.1, -0.05) is 19.9 Å². The normalized spacial score (nSPS) is 11.9. The number of fused-ring (bicyclic) bond motifs is 1. The summed E-state index contributed by atoms with van der Waals surface area (Å²) in [5.41, 5.74) is 8.93. The average molecular weight is 308 g/mol. The highest BCUT2D eigenvalue weighted by atomic mass is 32.2. The SMILES string of the molecule is CC.CSc1cccc2c1c(CC(N)C(=O)O)c(C)n2C. The molecule has 0 saturated heterocycles. The maximum absolute atomic E-state index is 11.0. The van der Waals surface area contributed by atoms with Crippen LogP contribution in [0.25, 0.3) is 10.9 Å². The van der Waals surface area contributed by atoms with Gasteiger partial charge in [0.25, 0.3) is 0 Å². The third-order valence-corrected chi connectivity index (χ3v) is 4.35. The molecule has 2 aromatic rings. The van der Waals surface area contributed by atoms with Crippen molar-refractivity contribution in [2.24, 2.45) is 12.8 Å². The lowest BCUT2D eigenvalue weighted by Gasteiger charge is -2.08. The van der Waals surface area contributed by atoms with Crippen LogP contribution in [0.2, 0.25) is 0 Å². The average Bonchev–Trinajstić information content (AvgIpc) is 2.74. The molecule has 1 atom stereocenters. The number of rotatable bonds is 4. The minimum absolute atomic E-state index is 0.357. The maximum atomic E-state index is 11.0. The molecule has 0 fully saturated rings. The number of aliphatic carboxylic acids is 1. The molecule has 0 radical (unpaired) electrons. The van der Waals surface area contributed by atoms with E-state index in [4.69, 9.17) is 10.8 Å². The predicted molar refractivity (Wildman–Crippen MR) is 90.1 cm³/mol. The summed E-state index contributed by atoms with van der Waals surface area (Å²) < 4.78 is 2.10. The second-order valence-corrected chi connectivity index (χ2v) is 5.47. The Morgan fingerprint density at radius 1 is 1.43 bits per heavy atom. The monoisotopic (exact) mass is 308 g/mol. The van der Waals surface area contributed by atoms with Gasteiger partial charge in [0.2, 0.25) is 0 Å². The Labute approximate surface area is 130 Å². The van der Waals surface area contributed by atoms with Gasteiger partial charge in [-0.05, 0) is 30.9 Å². The van der Waals surface area contributed by atoms with E-state index in [0.717, 1.165) is 27.1 Å². The Bertz CT molecular complexity index is 635. The molecule has 21 heavy (non-hydrogen) atoms. The van der Waals surface area contributed by atoms with Crippen molar-refractivity contribution >= 4 is 28.6 Å². The van der Waals surface area contributed by atoms with Crippen LogP contribution in [-0.2, 0) is 18.3 Å². The highest BCUT2D eigenvalue weighted by Gasteiger charge is 2.20. The molecular formula is C16H24N2O2S. The van der Waals surface area contributed by atoms with E-state index in [0.29, 0.717) is 6.42 Å². The van der Waals surface area contributed by atoms with E-state index in [1.807, 2.05) is 40.1 Å². The third-order valence-electron chi connectivity index (χ3n) is 3.57. The number of aryl methyl sites for hydroxylation is 1. The van der Waals surface area contributed by atoms with Crippen molar-refractivity contribution < 1.29 is 9.90 Å². The molecule has 2 rings (SSSR count). The Kier molecular flexibility index (Phi) is 6.30. The molecule has 0 bridgehead atoms. The molecule has 1 aromatic carbocycles. The van der Waals surface area contributed by atoms with Crippen LogP contribution in [-0.4, -0.2) is 27.9 Å². The fraction of sp³-hybridized carbons (Fsp3) is 0.438. The van der Waals surface area contributed by atoms with Crippen LogP contribution in [0.1, 0.15) is 25.1 Å². The second-order valence-electron chi connectivity index (χ2n) is 4.63. The smallest absolute Gasteiger partial charge is 0.320 e. The van der Waals surface area contributed by atoms with Crippen molar-refractivity contribution in [3.8, 4) is 0 Å². The van der Waals surface area contributed by atoms with Crippen molar-refractivity contribution in [1.82, 2.24) is 4.57 Å².